The molecule has 33 heavy (non-hydrogen) atoms. The second-order valence-electron chi connectivity index (χ2n) is 8.13. The Morgan fingerprint density at radius 2 is 2.21 bits per heavy atom. The number of nitriles is 1. The summed E-state index contributed by atoms with van der Waals surface area (Å²) in [5.74, 6) is 6.33. The Morgan fingerprint density at radius 1 is 1.33 bits per heavy atom. The molecule has 3 aromatic rings. The number of aromatic nitrogens is 3. The molecule has 1 aliphatic heterocycles. The van der Waals surface area contributed by atoms with Crippen molar-refractivity contribution < 1.29 is 9.14 Å². The van der Waals surface area contributed by atoms with Gasteiger partial charge in [0.25, 0.3) is 17.2 Å². The van der Waals surface area contributed by atoms with Gasteiger partial charge in [-0.25, -0.2) is 4.98 Å². The minimum Gasteiger partial charge on any atom is -0.452 e. The van der Waals surface area contributed by atoms with Gasteiger partial charge in [-0.2, -0.15) is 10.4 Å². The van der Waals surface area contributed by atoms with E-state index in [0.29, 0.717) is 22.9 Å². The van der Waals surface area contributed by atoms with Crippen LogP contribution < -0.4 is 20.3 Å². The van der Waals surface area contributed by atoms with E-state index in [9.17, 15) is 5.26 Å². The number of rotatable bonds is 6. The third kappa shape index (κ3) is 5.02. The maximum Gasteiger partial charge on any atom is 0.291 e. The standard InChI is InChI=1S/C24H28N8O/c1-16(30-19-6-5-9-27-11-8-19)24(31-26)18-12-22-29-15-20(14-25)32(22)23(13-18)33-17(2)21-7-3-4-10-28-21/h3-4,7,10,12-13,15,17,19,27H,5-6,8-9,11H2,1-2H3,(H2,26,29,30)/p+1/t17-,19?/m1/s1. The number of nitrogens with two attached hydrogens (primary N) is 1. The zero-order valence-electron chi connectivity index (χ0n) is 19.0. The Bertz CT molecular complexity index is 1200. The largest absolute Gasteiger partial charge is 0.452 e. The molecule has 1 unspecified atom stereocenters. The van der Waals surface area contributed by atoms with E-state index >= 15 is 0 Å². The Balaban J connectivity index is 1.72. The van der Waals surface area contributed by atoms with Gasteiger partial charge in [-0.3, -0.25) is 9.98 Å². The number of ether oxygens (including phenoxy) is 1. The van der Waals surface area contributed by atoms with Gasteiger partial charge in [0, 0.05) is 23.9 Å². The minimum atomic E-state index is -0.329. The number of fused-ring (bicyclic) bond motifs is 1. The summed E-state index contributed by atoms with van der Waals surface area (Å²) in [6.45, 7) is 5.85. The van der Waals surface area contributed by atoms with E-state index in [0.717, 1.165) is 49.3 Å². The molecule has 170 valence electrons. The first-order valence-electron chi connectivity index (χ1n) is 11.2. The van der Waals surface area contributed by atoms with Crippen molar-refractivity contribution in [2.24, 2.45) is 15.9 Å². The molecule has 0 aromatic carbocycles. The molecular formula is C24H29N8O+. The highest BCUT2D eigenvalue weighted by atomic mass is 16.5. The van der Waals surface area contributed by atoms with Crippen molar-refractivity contribution in [2.75, 3.05) is 13.1 Å². The topological polar surface area (TPSA) is 129 Å². The average molecular weight is 446 g/mol. The molecule has 0 amide bonds. The Kier molecular flexibility index (Phi) is 6.95. The van der Waals surface area contributed by atoms with Crippen LogP contribution in [0.1, 0.15) is 56.2 Å². The summed E-state index contributed by atoms with van der Waals surface area (Å²) in [5, 5.41) is 17.1. The van der Waals surface area contributed by atoms with E-state index in [-0.39, 0.29) is 12.1 Å². The molecule has 4 heterocycles. The summed E-state index contributed by atoms with van der Waals surface area (Å²) in [7, 11) is 0. The molecule has 0 spiro atoms. The third-order valence-corrected chi connectivity index (χ3v) is 5.81. The molecule has 3 aromatic heterocycles. The van der Waals surface area contributed by atoms with Crippen molar-refractivity contribution in [3.05, 3.63) is 59.7 Å². The van der Waals surface area contributed by atoms with E-state index in [1.807, 2.05) is 44.2 Å². The SMILES string of the molecule is CC(=NC1CCCNCC1)/C(=N\N)c1cc(O[C@H](C)c2ccccn2)[n+]2c(C#N)c[nH]c2c1. The van der Waals surface area contributed by atoms with E-state index < -0.39 is 0 Å². The average Bonchev–Trinajstić information content (AvgIpc) is 3.08. The van der Waals surface area contributed by atoms with Crippen molar-refractivity contribution in [3.63, 3.8) is 0 Å². The van der Waals surface area contributed by atoms with Crippen LogP contribution in [0.15, 0.2) is 52.8 Å². The number of imidazole rings is 1. The van der Waals surface area contributed by atoms with Gasteiger partial charge in [0.2, 0.25) is 0 Å². The molecule has 1 fully saturated rings. The molecule has 4 rings (SSSR count). The highest BCUT2D eigenvalue weighted by Gasteiger charge is 2.23. The zero-order valence-corrected chi connectivity index (χ0v) is 19.0. The number of H-pyrrole nitrogens is 1. The molecule has 1 aliphatic rings. The van der Waals surface area contributed by atoms with Crippen LogP contribution >= 0.6 is 0 Å². The highest BCUT2D eigenvalue weighted by Crippen LogP contribution is 2.21. The van der Waals surface area contributed by atoms with E-state index in [2.05, 4.69) is 26.5 Å². The number of hydrogen-bond acceptors (Lipinski definition) is 7. The number of hydrazone groups is 1. The predicted molar refractivity (Wildman–Crippen MR) is 126 cm³/mol. The summed E-state index contributed by atoms with van der Waals surface area (Å²) in [6, 6.07) is 11.9. The van der Waals surface area contributed by atoms with Gasteiger partial charge in [-0.05, 0) is 58.3 Å². The number of pyridine rings is 2. The molecule has 2 atom stereocenters. The molecule has 9 heteroatoms. The molecule has 0 aliphatic carbocycles. The van der Waals surface area contributed by atoms with E-state index in [1.165, 1.54) is 0 Å². The minimum absolute atomic E-state index is 0.241. The summed E-state index contributed by atoms with van der Waals surface area (Å²) >= 11 is 0. The summed E-state index contributed by atoms with van der Waals surface area (Å²) in [5.41, 5.74) is 4.06. The molecule has 0 bridgehead atoms. The van der Waals surface area contributed by atoms with Crippen LogP contribution in [-0.4, -0.2) is 40.5 Å². The van der Waals surface area contributed by atoms with Crippen molar-refractivity contribution in [3.8, 4) is 11.9 Å². The summed E-state index contributed by atoms with van der Waals surface area (Å²) < 4.78 is 8.02. The first-order valence-corrected chi connectivity index (χ1v) is 11.2. The highest BCUT2D eigenvalue weighted by molar-refractivity contribution is 6.47. The summed E-state index contributed by atoms with van der Waals surface area (Å²) in [4.78, 5) is 12.5. The molecular weight excluding hydrogens is 416 g/mol. The Hall–Kier alpha value is -3.77. The molecule has 0 saturated carbocycles. The van der Waals surface area contributed by atoms with Crippen LogP contribution in [0, 0.1) is 11.3 Å². The Morgan fingerprint density at radius 3 is 2.97 bits per heavy atom. The first kappa shape index (κ1) is 22.4. The second kappa shape index (κ2) is 10.2. The first-order chi connectivity index (χ1) is 16.1. The van der Waals surface area contributed by atoms with Gasteiger partial charge >= 0.3 is 0 Å². The number of nitrogens with one attached hydrogen (secondary N) is 2. The van der Waals surface area contributed by atoms with Gasteiger partial charge in [0.15, 0.2) is 0 Å². The third-order valence-electron chi connectivity index (χ3n) is 5.81. The van der Waals surface area contributed by atoms with Crippen LogP contribution in [0.4, 0.5) is 0 Å². The van der Waals surface area contributed by atoms with E-state index in [1.54, 1.807) is 16.8 Å². The lowest BCUT2D eigenvalue weighted by Crippen LogP contribution is -2.29. The molecule has 9 nitrogen and oxygen atoms in total. The lowest BCUT2D eigenvalue weighted by molar-refractivity contribution is -0.525. The predicted octanol–water partition coefficient (Wildman–Crippen LogP) is 2.43. The van der Waals surface area contributed by atoms with Gasteiger partial charge in [-0.1, -0.05) is 6.07 Å². The zero-order chi connectivity index (χ0) is 23.2. The van der Waals surface area contributed by atoms with Crippen molar-refractivity contribution in [1.82, 2.24) is 15.3 Å². The van der Waals surface area contributed by atoms with Crippen LogP contribution in [0.3, 0.4) is 0 Å². The van der Waals surface area contributed by atoms with Crippen molar-refractivity contribution in [2.45, 2.75) is 45.3 Å². The lowest BCUT2D eigenvalue weighted by Gasteiger charge is -2.15. The fourth-order valence-corrected chi connectivity index (χ4v) is 4.14. The fraction of sp³-hybridized carbons (Fsp3) is 0.375. The quantitative estimate of drug-likeness (QED) is 0.232. The smallest absolute Gasteiger partial charge is 0.291 e. The van der Waals surface area contributed by atoms with Crippen molar-refractivity contribution in [1.29, 1.82) is 5.26 Å². The maximum absolute atomic E-state index is 9.59. The molecule has 1 saturated heterocycles. The van der Waals surface area contributed by atoms with Gasteiger partial charge in [0.05, 0.1) is 17.4 Å². The van der Waals surface area contributed by atoms with Gasteiger partial charge in [0.1, 0.15) is 24.1 Å². The number of hydrogen-bond donors (Lipinski definition) is 3. The van der Waals surface area contributed by atoms with Gasteiger partial charge < -0.3 is 15.9 Å². The monoisotopic (exact) mass is 445 g/mol. The molecule has 4 N–H and O–H groups in total. The summed E-state index contributed by atoms with van der Waals surface area (Å²) in [6.07, 6.45) is 6.17. The second-order valence-corrected chi connectivity index (χ2v) is 8.13. The van der Waals surface area contributed by atoms with Crippen LogP contribution in [0.25, 0.3) is 5.65 Å². The van der Waals surface area contributed by atoms with Crippen molar-refractivity contribution >= 4 is 17.1 Å². The maximum atomic E-state index is 9.59. The van der Waals surface area contributed by atoms with Crippen LogP contribution in [0.2, 0.25) is 0 Å². The number of aliphatic imine (C=N–C) groups is 1. The molecule has 0 radical (unpaired) electrons. The Labute approximate surface area is 193 Å². The number of aromatic amines is 1. The fourth-order valence-electron chi connectivity index (χ4n) is 4.14. The van der Waals surface area contributed by atoms with Crippen LogP contribution in [0.5, 0.6) is 5.88 Å². The van der Waals surface area contributed by atoms with E-state index in [4.69, 9.17) is 15.6 Å². The van der Waals surface area contributed by atoms with Gasteiger partial charge in [-0.15, -0.1) is 4.40 Å². The normalized spacial score (nSPS) is 18.5. The number of nitrogens with zero attached hydrogens (tertiary/aromatic N) is 5. The van der Waals surface area contributed by atoms with Crippen LogP contribution in [-0.2, 0) is 0 Å². The lowest BCUT2D eigenvalue weighted by atomic mass is 10.1.